The molecular formula is C31H31Cl2N5O4S. The second kappa shape index (κ2) is 13.2. The third kappa shape index (κ3) is 6.42. The minimum absolute atomic E-state index is 0.108. The van der Waals surface area contributed by atoms with Crippen molar-refractivity contribution in [3.63, 3.8) is 0 Å². The first-order valence-electron chi connectivity index (χ1n) is 13.6. The number of rotatable bonds is 10. The molecule has 2 N–H and O–H groups in total. The van der Waals surface area contributed by atoms with Gasteiger partial charge in [-0.25, -0.2) is 4.98 Å². The Morgan fingerprint density at radius 2 is 1.72 bits per heavy atom. The zero-order chi connectivity index (χ0) is 30.7. The molecule has 1 saturated heterocycles. The van der Waals surface area contributed by atoms with Gasteiger partial charge in [-0.15, -0.1) is 11.3 Å². The van der Waals surface area contributed by atoms with E-state index < -0.39 is 0 Å². The number of carbonyl (C=O) groups is 2. The van der Waals surface area contributed by atoms with E-state index in [4.69, 9.17) is 32.7 Å². The first-order chi connectivity index (χ1) is 20.8. The Labute approximate surface area is 264 Å². The Balaban J connectivity index is 1.43. The Morgan fingerprint density at radius 1 is 1.02 bits per heavy atom. The Hall–Kier alpha value is -3.83. The number of pyridine rings is 1. The molecule has 2 aromatic carbocycles. The Morgan fingerprint density at radius 3 is 2.35 bits per heavy atom. The largest absolute Gasteiger partial charge is 0.495 e. The summed E-state index contributed by atoms with van der Waals surface area (Å²) in [6, 6.07) is 11.1. The highest BCUT2D eigenvalue weighted by Crippen LogP contribution is 2.42. The van der Waals surface area contributed by atoms with Gasteiger partial charge in [0.2, 0.25) is 11.7 Å². The van der Waals surface area contributed by atoms with Crippen LogP contribution in [0.5, 0.6) is 11.5 Å². The normalized spacial score (nSPS) is 13.6. The number of amides is 1. The molecule has 1 aliphatic rings. The van der Waals surface area contributed by atoms with Crippen LogP contribution < -0.4 is 25.0 Å². The Bertz CT molecular complexity index is 1670. The van der Waals surface area contributed by atoms with Gasteiger partial charge in [-0.1, -0.05) is 36.7 Å². The van der Waals surface area contributed by atoms with Crippen molar-refractivity contribution in [3.05, 3.63) is 75.7 Å². The van der Waals surface area contributed by atoms with Crippen molar-refractivity contribution in [3.8, 4) is 11.5 Å². The van der Waals surface area contributed by atoms with E-state index >= 15 is 0 Å². The van der Waals surface area contributed by atoms with Crippen LogP contribution in [-0.2, 0) is 4.79 Å². The van der Waals surface area contributed by atoms with Gasteiger partial charge in [0.05, 0.1) is 46.1 Å². The average Bonchev–Trinajstić information content (AvgIpc) is 3.45. The van der Waals surface area contributed by atoms with Crippen molar-refractivity contribution in [2.24, 2.45) is 0 Å². The van der Waals surface area contributed by atoms with E-state index in [9.17, 15) is 9.59 Å². The van der Waals surface area contributed by atoms with Crippen molar-refractivity contribution in [2.45, 2.75) is 6.92 Å². The molecule has 2 aromatic heterocycles. The standard InChI is InChI=1S/C31H31Cl2N5O4S/c1-5-27(39)36-21-14-19(38-11-9-37(6-2)10-12-38)7-8-20(21)35-26-16-24-18(17-34-26)13-25(43-24)31(40)28-29(32)22(41-3)15-23(42-4)30(28)33/h5,7-8,13-17H,1,6,9-12H2,2-4H3,(H,34,35)(H,36,39). The van der Waals surface area contributed by atoms with Crippen LogP contribution >= 0.6 is 34.5 Å². The van der Waals surface area contributed by atoms with Gasteiger partial charge in [-0.3, -0.25) is 9.59 Å². The molecule has 0 atom stereocenters. The van der Waals surface area contributed by atoms with Gasteiger partial charge in [-0.2, -0.15) is 0 Å². The highest BCUT2D eigenvalue weighted by molar-refractivity contribution is 7.21. The molecule has 0 bridgehead atoms. The van der Waals surface area contributed by atoms with E-state index in [0.29, 0.717) is 22.1 Å². The monoisotopic (exact) mass is 639 g/mol. The first kappa shape index (κ1) is 30.6. The summed E-state index contributed by atoms with van der Waals surface area (Å²) in [7, 11) is 2.91. The number of piperazine rings is 1. The topological polar surface area (TPSA) is 96.0 Å². The van der Waals surface area contributed by atoms with Crippen LogP contribution in [0.1, 0.15) is 22.2 Å². The SMILES string of the molecule is C=CC(=O)Nc1cc(N2CCN(CC)CC2)ccc1Nc1cc2sc(C(=O)c3c(Cl)c(OC)cc(OC)c3Cl)cc2cn1. The van der Waals surface area contributed by atoms with Crippen molar-refractivity contribution in [1.82, 2.24) is 9.88 Å². The molecule has 0 spiro atoms. The smallest absolute Gasteiger partial charge is 0.247 e. The van der Waals surface area contributed by atoms with E-state index in [1.165, 1.54) is 31.6 Å². The maximum atomic E-state index is 13.6. The molecule has 3 heterocycles. The molecule has 43 heavy (non-hydrogen) atoms. The molecule has 9 nitrogen and oxygen atoms in total. The lowest BCUT2D eigenvalue weighted by Gasteiger charge is -2.35. The molecular weight excluding hydrogens is 609 g/mol. The zero-order valence-corrected chi connectivity index (χ0v) is 26.3. The van der Waals surface area contributed by atoms with Crippen molar-refractivity contribution >= 4 is 79.2 Å². The number of benzene rings is 2. The Kier molecular flexibility index (Phi) is 9.41. The van der Waals surface area contributed by atoms with E-state index in [0.717, 1.165) is 48.5 Å². The molecule has 4 aromatic rings. The third-order valence-electron chi connectivity index (χ3n) is 7.32. The highest BCUT2D eigenvalue weighted by Gasteiger charge is 2.25. The number of nitrogens with zero attached hydrogens (tertiary/aromatic N) is 3. The second-order valence-electron chi connectivity index (χ2n) is 9.80. The van der Waals surface area contributed by atoms with E-state index in [1.807, 2.05) is 24.3 Å². The van der Waals surface area contributed by atoms with Gasteiger partial charge in [-0.05, 0) is 43.0 Å². The summed E-state index contributed by atoms with van der Waals surface area (Å²) in [6.45, 7) is 10.6. The lowest BCUT2D eigenvalue weighted by Crippen LogP contribution is -2.46. The minimum Gasteiger partial charge on any atom is -0.495 e. The lowest BCUT2D eigenvalue weighted by molar-refractivity contribution is -0.111. The van der Waals surface area contributed by atoms with Crippen LogP contribution in [0.2, 0.25) is 10.0 Å². The van der Waals surface area contributed by atoms with Gasteiger partial charge < -0.3 is 29.9 Å². The number of likely N-dealkylation sites (N-methyl/N-ethyl adjacent to an activating group) is 1. The number of halogens is 2. The van der Waals surface area contributed by atoms with Crippen LogP contribution in [0.4, 0.5) is 22.9 Å². The van der Waals surface area contributed by atoms with Crippen molar-refractivity contribution in [1.29, 1.82) is 0 Å². The number of hydrogen-bond acceptors (Lipinski definition) is 9. The number of hydrogen-bond donors (Lipinski definition) is 2. The van der Waals surface area contributed by atoms with Crippen LogP contribution in [0, 0.1) is 0 Å². The van der Waals surface area contributed by atoms with Gasteiger partial charge in [0, 0.05) is 54.2 Å². The number of anilines is 4. The quantitative estimate of drug-likeness (QED) is 0.143. The molecule has 1 fully saturated rings. The molecule has 0 aliphatic carbocycles. The number of nitrogens with one attached hydrogen (secondary N) is 2. The highest BCUT2D eigenvalue weighted by atomic mass is 35.5. The van der Waals surface area contributed by atoms with Gasteiger partial charge >= 0.3 is 0 Å². The van der Waals surface area contributed by atoms with E-state index in [-0.39, 0.29) is 38.8 Å². The fraction of sp³-hybridized carbons (Fsp3) is 0.258. The average molecular weight is 641 g/mol. The minimum atomic E-state index is -0.354. The van der Waals surface area contributed by atoms with E-state index in [2.05, 4.69) is 38.9 Å². The maximum Gasteiger partial charge on any atom is 0.247 e. The van der Waals surface area contributed by atoms with E-state index in [1.54, 1.807) is 18.3 Å². The number of ether oxygens (including phenoxy) is 2. The maximum absolute atomic E-state index is 13.6. The molecule has 0 unspecified atom stereocenters. The predicted molar refractivity (Wildman–Crippen MR) is 175 cm³/mol. The van der Waals surface area contributed by atoms with Crippen LogP contribution in [0.25, 0.3) is 10.1 Å². The van der Waals surface area contributed by atoms with Crippen LogP contribution in [0.3, 0.4) is 0 Å². The second-order valence-corrected chi connectivity index (χ2v) is 11.6. The summed E-state index contributed by atoms with van der Waals surface area (Å²) in [5, 5.41) is 7.23. The predicted octanol–water partition coefficient (Wildman–Crippen LogP) is 6.86. The number of methoxy groups -OCH3 is 2. The van der Waals surface area contributed by atoms with Gasteiger partial charge in [0.25, 0.3) is 0 Å². The molecule has 0 radical (unpaired) electrons. The van der Waals surface area contributed by atoms with Gasteiger partial charge in [0.15, 0.2) is 0 Å². The fourth-order valence-electron chi connectivity index (χ4n) is 4.91. The summed E-state index contributed by atoms with van der Waals surface area (Å²) in [6.07, 6.45) is 2.92. The zero-order valence-electron chi connectivity index (χ0n) is 24.0. The third-order valence-corrected chi connectivity index (χ3v) is 9.17. The number of carbonyl (C=O) groups excluding carboxylic acids is 2. The number of thiophene rings is 1. The molecule has 12 heteroatoms. The fourth-order valence-corrected chi connectivity index (χ4v) is 6.60. The molecule has 224 valence electrons. The number of ketones is 1. The van der Waals surface area contributed by atoms with Crippen LogP contribution in [-0.4, -0.2) is 68.5 Å². The summed E-state index contributed by atoms with van der Waals surface area (Å²) in [5.74, 6) is 0.453. The molecule has 0 saturated carbocycles. The van der Waals surface area contributed by atoms with Gasteiger partial charge in [0.1, 0.15) is 17.3 Å². The van der Waals surface area contributed by atoms with Crippen molar-refractivity contribution < 1.29 is 19.1 Å². The summed E-state index contributed by atoms with van der Waals surface area (Å²) < 4.78 is 11.5. The summed E-state index contributed by atoms with van der Waals surface area (Å²) >= 11 is 14.3. The lowest BCUT2D eigenvalue weighted by atomic mass is 10.1. The number of aromatic nitrogens is 1. The molecule has 1 aliphatic heterocycles. The molecule has 1 amide bonds. The number of fused-ring (bicyclic) bond motifs is 1. The van der Waals surface area contributed by atoms with Crippen LogP contribution in [0.15, 0.2) is 55.3 Å². The molecule has 5 rings (SSSR count). The van der Waals surface area contributed by atoms with Crippen molar-refractivity contribution in [2.75, 3.05) is 62.5 Å². The summed E-state index contributed by atoms with van der Waals surface area (Å²) in [5.41, 5.74) is 2.42. The summed E-state index contributed by atoms with van der Waals surface area (Å²) in [4.78, 5) is 35.6. The first-order valence-corrected chi connectivity index (χ1v) is 15.2.